The highest BCUT2D eigenvalue weighted by atomic mass is 16.2. The minimum Gasteiger partial charge on any atom is -0.356 e. The van der Waals surface area contributed by atoms with Gasteiger partial charge in [0.1, 0.15) is 0 Å². The van der Waals surface area contributed by atoms with Crippen LogP contribution in [0.5, 0.6) is 0 Å². The molecule has 2 unspecified atom stereocenters. The van der Waals surface area contributed by atoms with Gasteiger partial charge in [-0.1, -0.05) is 37.1 Å². The van der Waals surface area contributed by atoms with Gasteiger partial charge in [0.2, 0.25) is 11.8 Å². The number of carbonyl (C=O) groups excluding carboxylic acids is 2. The largest absolute Gasteiger partial charge is 0.356 e. The summed E-state index contributed by atoms with van der Waals surface area (Å²) in [6.07, 6.45) is 18.6. The fourth-order valence-corrected chi connectivity index (χ4v) is 3.38. The number of nitrogens with one attached hydrogen (secondary N) is 2. The monoisotopic (exact) mass is 332 g/mol. The molecule has 0 aromatic rings. The lowest BCUT2D eigenvalue weighted by atomic mass is 9.93. The number of amides is 2. The first-order valence-electron chi connectivity index (χ1n) is 9.63. The molecule has 0 saturated heterocycles. The highest BCUT2D eigenvalue weighted by Crippen LogP contribution is 2.18. The van der Waals surface area contributed by atoms with E-state index in [1.54, 1.807) is 0 Å². The highest BCUT2D eigenvalue weighted by Gasteiger charge is 2.18. The lowest BCUT2D eigenvalue weighted by molar-refractivity contribution is -0.126. The molecule has 4 heteroatoms. The summed E-state index contributed by atoms with van der Waals surface area (Å²) in [5.41, 5.74) is 0. The van der Waals surface area contributed by atoms with Crippen molar-refractivity contribution >= 4 is 11.8 Å². The zero-order valence-corrected chi connectivity index (χ0v) is 14.8. The van der Waals surface area contributed by atoms with E-state index in [1.807, 2.05) is 0 Å². The second kappa shape index (κ2) is 11.1. The van der Waals surface area contributed by atoms with Crippen molar-refractivity contribution in [1.29, 1.82) is 0 Å². The minimum absolute atomic E-state index is 0.180. The molecule has 0 saturated carbocycles. The van der Waals surface area contributed by atoms with E-state index in [2.05, 4.69) is 34.9 Å². The quantitative estimate of drug-likeness (QED) is 0.501. The van der Waals surface area contributed by atoms with Gasteiger partial charge in [-0.25, -0.2) is 0 Å². The van der Waals surface area contributed by atoms with Crippen LogP contribution in [0.1, 0.15) is 64.2 Å². The molecule has 0 fully saturated rings. The van der Waals surface area contributed by atoms with Gasteiger partial charge >= 0.3 is 0 Å². The molecular weight excluding hydrogens is 300 g/mol. The maximum atomic E-state index is 12.0. The number of carbonyl (C=O) groups is 2. The number of unbranched alkanes of at least 4 members (excludes halogenated alkanes) is 3. The van der Waals surface area contributed by atoms with Crippen LogP contribution in [-0.2, 0) is 9.59 Å². The van der Waals surface area contributed by atoms with E-state index < -0.39 is 0 Å². The number of allylic oxidation sites excluding steroid dienone is 4. The SMILES string of the molecule is O=C(NCCCCCCNC(=O)C1CC=CCC1)C1CC=CCC1. The molecule has 0 bridgehead atoms. The first kappa shape index (κ1) is 18.8. The summed E-state index contributed by atoms with van der Waals surface area (Å²) in [7, 11) is 0. The summed E-state index contributed by atoms with van der Waals surface area (Å²) in [6, 6.07) is 0. The molecule has 24 heavy (non-hydrogen) atoms. The van der Waals surface area contributed by atoms with Crippen molar-refractivity contribution < 1.29 is 9.59 Å². The number of rotatable bonds is 9. The maximum Gasteiger partial charge on any atom is 0.223 e. The van der Waals surface area contributed by atoms with Crippen molar-refractivity contribution in [3.05, 3.63) is 24.3 Å². The average Bonchev–Trinajstić information content (AvgIpc) is 2.65. The normalized spacial score (nSPS) is 23.0. The molecule has 2 N–H and O–H groups in total. The first-order chi connectivity index (χ1) is 11.8. The molecule has 134 valence electrons. The molecule has 0 aromatic heterocycles. The Kier molecular flexibility index (Phi) is 8.64. The second-order valence-corrected chi connectivity index (χ2v) is 6.96. The van der Waals surface area contributed by atoms with Crippen LogP contribution in [0.2, 0.25) is 0 Å². The van der Waals surface area contributed by atoms with E-state index >= 15 is 0 Å². The van der Waals surface area contributed by atoms with Gasteiger partial charge in [-0.2, -0.15) is 0 Å². The van der Waals surface area contributed by atoms with Crippen LogP contribution in [0.4, 0.5) is 0 Å². The van der Waals surface area contributed by atoms with Gasteiger partial charge in [-0.15, -0.1) is 0 Å². The molecule has 0 aromatic carbocycles. The smallest absolute Gasteiger partial charge is 0.223 e. The van der Waals surface area contributed by atoms with Crippen LogP contribution in [0.3, 0.4) is 0 Å². The summed E-state index contributed by atoms with van der Waals surface area (Å²) >= 11 is 0. The van der Waals surface area contributed by atoms with Gasteiger partial charge in [0, 0.05) is 24.9 Å². The van der Waals surface area contributed by atoms with E-state index in [0.29, 0.717) is 0 Å². The van der Waals surface area contributed by atoms with Gasteiger partial charge in [0.05, 0.1) is 0 Å². The molecular formula is C20H32N2O2. The molecule has 2 aliphatic carbocycles. The Bertz CT molecular complexity index is 415. The molecule has 0 radical (unpaired) electrons. The topological polar surface area (TPSA) is 58.2 Å². The minimum atomic E-state index is 0.180. The first-order valence-corrected chi connectivity index (χ1v) is 9.63. The van der Waals surface area contributed by atoms with Gasteiger partial charge in [-0.3, -0.25) is 9.59 Å². The number of hydrogen-bond donors (Lipinski definition) is 2. The van der Waals surface area contributed by atoms with E-state index in [1.165, 1.54) is 0 Å². The maximum absolute atomic E-state index is 12.0. The molecule has 2 rings (SSSR count). The molecule has 0 aliphatic heterocycles. The summed E-state index contributed by atoms with van der Waals surface area (Å²) in [5.74, 6) is 0.793. The summed E-state index contributed by atoms with van der Waals surface area (Å²) < 4.78 is 0. The molecule has 2 atom stereocenters. The predicted octanol–water partition coefficient (Wildman–Crippen LogP) is 3.49. The Balaban J connectivity index is 1.41. The third-order valence-electron chi connectivity index (χ3n) is 4.98. The van der Waals surface area contributed by atoms with Crippen molar-refractivity contribution in [3.8, 4) is 0 Å². The Hall–Kier alpha value is -1.58. The van der Waals surface area contributed by atoms with Crippen LogP contribution in [0, 0.1) is 11.8 Å². The summed E-state index contributed by atoms with van der Waals surface area (Å²) in [5, 5.41) is 6.11. The third-order valence-corrected chi connectivity index (χ3v) is 4.98. The van der Waals surface area contributed by atoms with Crippen molar-refractivity contribution in [2.45, 2.75) is 64.2 Å². The fraction of sp³-hybridized carbons (Fsp3) is 0.700. The van der Waals surface area contributed by atoms with Crippen molar-refractivity contribution in [2.75, 3.05) is 13.1 Å². The predicted molar refractivity (Wildman–Crippen MR) is 97.4 cm³/mol. The van der Waals surface area contributed by atoms with E-state index in [-0.39, 0.29) is 23.7 Å². The van der Waals surface area contributed by atoms with E-state index in [4.69, 9.17) is 0 Å². The molecule has 0 heterocycles. The zero-order chi connectivity index (χ0) is 17.0. The summed E-state index contributed by atoms with van der Waals surface area (Å²) in [6.45, 7) is 1.56. The Morgan fingerprint density at radius 1 is 0.708 bits per heavy atom. The van der Waals surface area contributed by atoms with Gasteiger partial charge in [-0.05, 0) is 51.4 Å². The molecule has 2 aliphatic rings. The van der Waals surface area contributed by atoms with Gasteiger partial charge in [0.25, 0.3) is 0 Å². The van der Waals surface area contributed by atoms with E-state index in [9.17, 15) is 9.59 Å². The Labute approximate surface area is 146 Å². The third kappa shape index (κ3) is 6.90. The van der Waals surface area contributed by atoms with Crippen molar-refractivity contribution in [3.63, 3.8) is 0 Å². The average molecular weight is 332 g/mol. The highest BCUT2D eigenvalue weighted by molar-refractivity contribution is 5.79. The van der Waals surface area contributed by atoms with Crippen molar-refractivity contribution in [1.82, 2.24) is 10.6 Å². The zero-order valence-electron chi connectivity index (χ0n) is 14.8. The molecule has 0 spiro atoms. The second-order valence-electron chi connectivity index (χ2n) is 6.96. The molecule has 2 amide bonds. The van der Waals surface area contributed by atoms with Crippen LogP contribution in [-0.4, -0.2) is 24.9 Å². The van der Waals surface area contributed by atoms with Crippen LogP contribution in [0.25, 0.3) is 0 Å². The van der Waals surface area contributed by atoms with Crippen molar-refractivity contribution in [2.24, 2.45) is 11.8 Å². The fourth-order valence-electron chi connectivity index (χ4n) is 3.38. The Morgan fingerprint density at radius 2 is 1.17 bits per heavy atom. The standard InChI is InChI=1S/C20H32N2O2/c23-19(17-11-5-3-6-12-17)21-15-9-1-2-10-16-22-20(24)18-13-7-4-8-14-18/h3-5,7,17-18H,1-2,6,8-16H2,(H,21,23)(H,22,24). The Morgan fingerprint density at radius 3 is 1.54 bits per heavy atom. The lowest BCUT2D eigenvalue weighted by Crippen LogP contribution is -2.32. The van der Waals surface area contributed by atoms with Gasteiger partial charge < -0.3 is 10.6 Å². The summed E-state index contributed by atoms with van der Waals surface area (Å²) in [4.78, 5) is 23.9. The van der Waals surface area contributed by atoms with E-state index in [0.717, 1.165) is 77.3 Å². The lowest BCUT2D eigenvalue weighted by Gasteiger charge is -2.17. The van der Waals surface area contributed by atoms with Gasteiger partial charge in [0.15, 0.2) is 0 Å². The van der Waals surface area contributed by atoms with Crippen LogP contribution < -0.4 is 10.6 Å². The van der Waals surface area contributed by atoms with Crippen LogP contribution >= 0.6 is 0 Å². The number of hydrogen-bond acceptors (Lipinski definition) is 2. The molecule has 4 nitrogen and oxygen atoms in total. The van der Waals surface area contributed by atoms with Crippen LogP contribution in [0.15, 0.2) is 24.3 Å².